The lowest BCUT2D eigenvalue weighted by atomic mass is 10.0. The SMILES string of the molecule is CC(C)c1cc2c(cc1Br)OC(F)(F)O2. The zero-order valence-corrected chi connectivity index (χ0v) is 9.77. The van der Waals surface area contributed by atoms with Crippen molar-refractivity contribution in [2.75, 3.05) is 0 Å². The van der Waals surface area contributed by atoms with Gasteiger partial charge in [0, 0.05) is 4.47 Å². The van der Waals surface area contributed by atoms with Crippen LogP contribution in [0.25, 0.3) is 0 Å². The molecule has 0 aliphatic carbocycles. The smallest absolute Gasteiger partial charge is 0.395 e. The maximum atomic E-state index is 12.7. The van der Waals surface area contributed by atoms with Gasteiger partial charge in [-0.25, -0.2) is 0 Å². The van der Waals surface area contributed by atoms with Gasteiger partial charge < -0.3 is 9.47 Å². The number of ether oxygens (including phenoxy) is 2. The first-order valence-electron chi connectivity index (χ1n) is 4.48. The Kier molecular flexibility index (Phi) is 2.37. The molecule has 1 heterocycles. The molecular formula is C10H9BrF2O2. The molecule has 0 saturated carbocycles. The molecule has 1 aromatic carbocycles. The van der Waals surface area contributed by atoms with Crippen LogP contribution in [0.1, 0.15) is 25.3 Å². The van der Waals surface area contributed by atoms with E-state index in [9.17, 15) is 8.78 Å². The minimum Gasteiger partial charge on any atom is -0.395 e. The minimum absolute atomic E-state index is 0.0660. The molecule has 1 aliphatic rings. The third-order valence-corrected chi connectivity index (χ3v) is 2.83. The van der Waals surface area contributed by atoms with Gasteiger partial charge in [0.2, 0.25) is 0 Å². The van der Waals surface area contributed by atoms with Gasteiger partial charge in [-0.1, -0.05) is 29.8 Å². The Labute approximate surface area is 94.3 Å². The van der Waals surface area contributed by atoms with Gasteiger partial charge in [-0.3, -0.25) is 0 Å². The Morgan fingerprint density at radius 2 is 1.73 bits per heavy atom. The van der Waals surface area contributed by atoms with Crippen molar-refractivity contribution in [2.45, 2.75) is 26.1 Å². The number of fused-ring (bicyclic) bond motifs is 1. The van der Waals surface area contributed by atoms with Crippen molar-refractivity contribution in [3.05, 3.63) is 22.2 Å². The van der Waals surface area contributed by atoms with Crippen molar-refractivity contribution in [1.29, 1.82) is 0 Å². The molecule has 0 bridgehead atoms. The van der Waals surface area contributed by atoms with Gasteiger partial charge in [-0.05, 0) is 23.6 Å². The van der Waals surface area contributed by atoms with Crippen molar-refractivity contribution in [2.24, 2.45) is 0 Å². The van der Waals surface area contributed by atoms with Crippen LogP contribution < -0.4 is 9.47 Å². The van der Waals surface area contributed by atoms with Crippen LogP contribution in [0.4, 0.5) is 8.78 Å². The highest BCUT2D eigenvalue weighted by Gasteiger charge is 2.43. The molecule has 2 rings (SSSR count). The second kappa shape index (κ2) is 3.33. The molecule has 15 heavy (non-hydrogen) atoms. The van der Waals surface area contributed by atoms with Crippen LogP contribution in [0.5, 0.6) is 11.5 Å². The monoisotopic (exact) mass is 278 g/mol. The van der Waals surface area contributed by atoms with Gasteiger partial charge in [0.1, 0.15) is 0 Å². The van der Waals surface area contributed by atoms with Crippen molar-refractivity contribution in [1.82, 2.24) is 0 Å². The molecule has 0 unspecified atom stereocenters. The lowest BCUT2D eigenvalue weighted by molar-refractivity contribution is -0.286. The number of hydrogen-bond donors (Lipinski definition) is 0. The van der Waals surface area contributed by atoms with Gasteiger partial charge in [-0.2, -0.15) is 0 Å². The van der Waals surface area contributed by atoms with Crippen molar-refractivity contribution < 1.29 is 18.3 Å². The summed E-state index contributed by atoms with van der Waals surface area (Å²) in [7, 11) is 0. The molecular weight excluding hydrogens is 270 g/mol. The summed E-state index contributed by atoms with van der Waals surface area (Å²) in [5, 5.41) is 0. The van der Waals surface area contributed by atoms with Gasteiger partial charge in [0.05, 0.1) is 0 Å². The second-order valence-corrected chi connectivity index (χ2v) is 4.50. The van der Waals surface area contributed by atoms with E-state index < -0.39 is 6.29 Å². The first-order chi connectivity index (χ1) is 6.89. The summed E-state index contributed by atoms with van der Waals surface area (Å²) in [5.74, 6) is 0.380. The Bertz CT molecular complexity index is 405. The molecule has 0 spiro atoms. The molecule has 5 heteroatoms. The molecule has 0 N–H and O–H groups in total. The maximum absolute atomic E-state index is 12.7. The third kappa shape index (κ3) is 1.93. The highest BCUT2D eigenvalue weighted by atomic mass is 79.9. The van der Waals surface area contributed by atoms with Gasteiger partial charge in [-0.15, -0.1) is 8.78 Å². The van der Waals surface area contributed by atoms with E-state index in [0.29, 0.717) is 0 Å². The highest BCUT2D eigenvalue weighted by Crippen LogP contribution is 2.44. The summed E-state index contributed by atoms with van der Waals surface area (Å²) in [4.78, 5) is 0. The number of halogens is 3. The standard InChI is InChI=1S/C10H9BrF2O2/c1-5(2)6-3-8-9(4-7(6)11)15-10(12,13)14-8/h3-5H,1-2H3. The Morgan fingerprint density at radius 1 is 1.20 bits per heavy atom. The molecule has 0 amide bonds. The fourth-order valence-electron chi connectivity index (χ4n) is 1.43. The van der Waals surface area contributed by atoms with Crippen LogP contribution >= 0.6 is 15.9 Å². The fraction of sp³-hybridized carbons (Fsp3) is 0.400. The van der Waals surface area contributed by atoms with Crippen LogP contribution in [-0.4, -0.2) is 6.29 Å². The van der Waals surface area contributed by atoms with Crippen LogP contribution in [-0.2, 0) is 0 Å². The normalized spacial score (nSPS) is 17.2. The average Bonchev–Trinajstić information content (AvgIpc) is 2.36. The first-order valence-corrected chi connectivity index (χ1v) is 5.27. The molecule has 0 radical (unpaired) electrons. The minimum atomic E-state index is -3.54. The van der Waals surface area contributed by atoms with Gasteiger partial charge in [0.15, 0.2) is 11.5 Å². The van der Waals surface area contributed by atoms with E-state index in [1.54, 1.807) is 6.07 Å². The highest BCUT2D eigenvalue weighted by molar-refractivity contribution is 9.10. The zero-order valence-electron chi connectivity index (χ0n) is 8.18. The first kappa shape index (κ1) is 10.7. The van der Waals surface area contributed by atoms with E-state index in [-0.39, 0.29) is 17.4 Å². The fourth-order valence-corrected chi connectivity index (χ4v) is 2.21. The molecule has 0 saturated heterocycles. The van der Waals surface area contributed by atoms with E-state index in [2.05, 4.69) is 25.4 Å². The molecule has 1 aliphatic heterocycles. The van der Waals surface area contributed by atoms with E-state index in [4.69, 9.17) is 0 Å². The summed E-state index contributed by atoms with van der Waals surface area (Å²) in [6.45, 7) is 3.95. The summed E-state index contributed by atoms with van der Waals surface area (Å²) in [6, 6.07) is 3.08. The van der Waals surface area contributed by atoms with Crippen molar-refractivity contribution >= 4 is 15.9 Å². The molecule has 0 fully saturated rings. The number of rotatable bonds is 1. The molecule has 0 atom stereocenters. The Morgan fingerprint density at radius 3 is 2.27 bits per heavy atom. The van der Waals surface area contributed by atoms with Crippen molar-refractivity contribution in [3.8, 4) is 11.5 Å². The summed E-state index contributed by atoms with van der Waals surface area (Å²) >= 11 is 3.31. The lowest BCUT2D eigenvalue weighted by Crippen LogP contribution is -2.25. The summed E-state index contributed by atoms with van der Waals surface area (Å²) < 4.78 is 34.9. The maximum Gasteiger partial charge on any atom is 0.586 e. The number of benzene rings is 1. The predicted molar refractivity (Wildman–Crippen MR) is 54.4 cm³/mol. The van der Waals surface area contributed by atoms with E-state index in [1.807, 2.05) is 13.8 Å². The Hall–Kier alpha value is -0.840. The van der Waals surface area contributed by atoms with Crippen LogP contribution in [0.15, 0.2) is 16.6 Å². The number of hydrogen-bond acceptors (Lipinski definition) is 2. The predicted octanol–water partition coefficient (Wildman–Crippen LogP) is 3.89. The molecule has 2 nitrogen and oxygen atoms in total. The van der Waals surface area contributed by atoms with Gasteiger partial charge >= 0.3 is 6.29 Å². The quantitative estimate of drug-likeness (QED) is 0.776. The van der Waals surface area contributed by atoms with Gasteiger partial charge in [0.25, 0.3) is 0 Å². The molecule has 0 aromatic heterocycles. The van der Waals surface area contributed by atoms with E-state index >= 15 is 0 Å². The third-order valence-electron chi connectivity index (χ3n) is 2.14. The number of alkyl halides is 2. The molecule has 82 valence electrons. The van der Waals surface area contributed by atoms with E-state index in [1.165, 1.54) is 6.07 Å². The van der Waals surface area contributed by atoms with Crippen LogP contribution in [0.3, 0.4) is 0 Å². The lowest BCUT2D eigenvalue weighted by Gasteiger charge is -2.08. The zero-order chi connectivity index (χ0) is 11.2. The summed E-state index contributed by atoms with van der Waals surface area (Å²) in [5.41, 5.74) is 0.912. The van der Waals surface area contributed by atoms with Crippen LogP contribution in [0.2, 0.25) is 0 Å². The van der Waals surface area contributed by atoms with Crippen molar-refractivity contribution in [3.63, 3.8) is 0 Å². The topological polar surface area (TPSA) is 18.5 Å². The molecule has 1 aromatic rings. The Balaban J connectivity index is 2.45. The van der Waals surface area contributed by atoms with E-state index in [0.717, 1.165) is 10.0 Å². The summed E-state index contributed by atoms with van der Waals surface area (Å²) in [6.07, 6.45) is -3.54. The largest absolute Gasteiger partial charge is 0.586 e. The van der Waals surface area contributed by atoms with Crippen LogP contribution in [0, 0.1) is 0 Å². The second-order valence-electron chi connectivity index (χ2n) is 3.64. The average molecular weight is 279 g/mol.